The molecule has 5 heteroatoms. The fraction of sp³-hybridized carbons (Fsp3) is 0.263. The molecule has 4 nitrogen and oxygen atoms in total. The van der Waals surface area contributed by atoms with Crippen molar-refractivity contribution < 1.29 is 14.3 Å². The first-order chi connectivity index (χ1) is 11.4. The molecule has 0 atom stereocenters. The van der Waals surface area contributed by atoms with Crippen LogP contribution in [0.15, 0.2) is 53.6 Å². The van der Waals surface area contributed by atoms with Crippen LogP contribution in [0.1, 0.15) is 29.1 Å². The number of anilines is 1. The van der Waals surface area contributed by atoms with Crippen molar-refractivity contribution >= 4 is 28.8 Å². The van der Waals surface area contributed by atoms with Crippen LogP contribution < -0.4 is 4.90 Å². The number of likely N-dealkylation sites (N-methyl/N-ethyl adjacent to an activating group) is 1. The molecule has 3 rings (SSSR count). The molecule has 0 unspecified atom stereocenters. The van der Waals surface area contributed by atoms with Crippen molar-refractivity contribution in [3.05, 3.63) is 64.0 Å². The van der Waals surface area contributed by atoms with Gasteiger partial charge < -0.3 is 9.64 Å². The van der Waals surface area contributed by atoms with Crippen LogP contribution >= 0.6 is 11.3 Å². The van der Waals surface area contributed by atoms with E-state index in [1.54, 1.807) is 23.6 Å². The molecule has 0 spiro atoms. The van der Waals surface area contributed by atoms with E-state index in [4.69, 9.17) is 4.74 Å². The molecule has 0 radical (unpaired) electrons. The molecule has 1 aliphatic heterocycles. The standard InChI is InChI=1S/C19H19NO3S/c1-19(2)14-7-4-5-8-15(14)20(3)17(19)11-13(21)12-23-18(22)16-9-6-10-24-16/h4-11H,12H2,1-3H3/b17-11-. The van der Waals surface area contributed by atoms with E-state index in [1.807, 2.05) is 30.1 Å². The maximum atomic E-state index is 12.3. The summed E-state index contributed by atoms with van der Waals surface area (Å²) in [4.78, 5) is 26.6. The highest BCUT2D eigenvalue weighted by molar-refractivity contribution is 7.11. The predicted octanol–water partition coefficient (Wildman–Crippen LogP) is 3.79. The minimum absolute atomic E-state index is 0.220. The average molecular weight is 341 g/mol. The summed E-state index contributed by atoms with van der Waals surface area (Å²) in [6.45, 7) is 3.93. The molecule has 0 amide bonds. The lowest BCUT2D eigenvalue weighted by Gasteiger charge is -2.23. The van der Waals surface area contributed by atoms with Crippen molar-refractivity contribution in [2.24, 2.45) is 0 Å². The van der Waals surface area contributed by atoms with Gasteiger partial charge in [0.15, 0.2) is 12.4 Å². The van der Waals surface area contributed by atoms with Crippen LogP contribution in [0, 0.1) is 0 Å². The second-order valence-corrected chi connectivity index (χ2v) is 7.20. The maximum Gasteiger partial charge on any atom is 0.348 e. The highest BCUT2D eigenvalue weighted by atomic mass is 32.1. The number of fused-ring (bicyclic) bond motifs is 1. The number of hydrogen-bond acceptors (Lipinski definition) is 5. The van der Waals surface area contributed by atoms with E-state index in [1.165, 1.54) is 16.9 Å². The molecule has 124 valence electrons. The molecule has 1 aliphatic rings. The van der Waals surface area contributed by atoms with Crippen molar-refractivity contribution in [3.63, 3.8) is 0 Å². The van der Waals surface area contributed by atoms with E-state index in [2.05, 4.69) is 19.9 Å². The molecule has 24 heavy (non-hydrogen) atoms. The van der Waals surface area contributed by atoms with Gasteiger partial charge in [-0.05, 0) is 23.1 Å². The van der Waals surface area contributed by atoms with Gasteiger partial charge in [-0.15, -0.1) is 11.3 Å². The number of allylic oxidation sites excluding steroid dienone is 1. The van der Waals surface area contributed by atoms with Crippen LogP contribution in [-0.4, -0.2) is 25.4 Å². The fourth-order valence-electron chi connectivity index (χ4n) is 3.06. The highest BCUT2D eigenvalue weighted by Gasteiger charge is 2.38. The Morgan fingerprint density at radius 1 is 1.21 bits per heavy atom. The molecule has 0 aliphatic carbocycles. The van der Waals surface area contributed by atoms with E-state index < -0.39 is 5.97 Å². The Hall–Kier alpha value is -2.40. The van der Waals surface area contributed by atoms with Gasteiger partial charge in [-0.2, -0.15) is 0 Å². The first-order valence-corrected chi connectivity index (χ1v) is 8.58. The second-order valence-electron chi connectivity index (χ2n) is 6.25. The molecule has 0 N–H and O–H groups in total. The lowest BCUT2D eigenvalue weighted by atomic mass is 9.83. The normalized spacial score (nSPS) is 17.0. The Bertz CT molecular complexity index is 806. The van der Waals surface area contributed by atoms with E-state index in [0.717, 1.165) is 11.4 Å². The van der Waals surface area contributed by atoms with Gasteiger partial charge >= 0.3 is 5.97 Å². The third kappa shape index (κ3) is 2.87. The van der Waals surface area contributed by atoms with Crippen molar-refractivity contribution in [3.8, 4) is 0 Å². The summed E-state index contributed by atoms with van der Waals surface area (Å²) in [5, 5.41) is 1.80. The number of esters is 1. The summed E-state index contributed by atoms with van der Waals surface area (Å²) in [7, 11) is 1.95. The quantitative estimate of drug-likeness (QED) is 0.627. The summed E-state index contributed by atoms with van der Waals surface area (Å²) in [5.74, 6) is -0.679. The minimum atomic E-state index is -0.459. The summed E-state index contributed by atoms with van der Waals surface area (Å²) in [5.41, 5.74) is 2.92. The molecule has 2 aromatic rings. The zero-order chi connectivity index (χ0) is 17.3. The Kier molecular flexibility index (Phi) is 4.28. The summed E-state index contributed by atoms with van der Waals surface area (Å²) in [6, 6.07) is 11.6. The second kappa shape index (κ2) is 6.24. The number of ether oxygens (including phenoxy) is 1. The largest absolute Gasteiger partial charge is 0.453 e. The first-order valence-electron chi connectivity index (χ1n) is 7.70. The molecule has 0 bridgehead atoms. The van der Waals surface area contributed by atoms with E-state index in [9.17, 15) is 9.59 Å². The number of benzene rings is 1. The Balaban J connectivity index is 1.74. The van der Waals surface area contributed by atoms with E-state index in [-0.39, 0.29) is 17.8 Å². The topological polar surface area (TPSA) is 46.6 Å². The third-order valence-corrected chi connectivity index (χ3v) is 5.16. The highest BCUT2D eigenvalue weighted by Crippen LogP contribution is 2.46. The van der Waals surface area contributed by atoms with Crippen LogP contribution in [0.25, 0.3) is 0 Å². The van der Waals surface area contributed by atoms with Crippen molar-refractivity contribution in [2.75, 3.05) is 18.6 Å². The first kappa shape index (κ1) is 16.5. The van der Waals surface area contributed by atoms with Gasteiger partial charge in [0.05, 0.1) is 0 Å². The molecule has 0 fully saturated rings. The lowest BCUT2D eigenvalue weighted by molar-refractivity contribution is -0.117. The van der Waals surface area contributed by atoms with Gasteiger partial charge in [0.1, 0.15) is 4.88 Å². The van der Waals surface area contributed by atoms with Crippen LogP contribution in [-0.2, 0) is 14.9 Å². The number of rotatable bonds is 4. The third-order valence-electron chi connectivity index (χ3n) is 4.31. The molecular weight excluding hydrogens is 322 g/mol. The van der Waals surface area contributed by atoms with E-state index >= 15 is 0 Å². The molecule has 0 saturated carbocycles. The van der Waals surface area contributed by atoms with Gasteiger partial charge in [0.2, 0.25) is 0 Å². The van der Waals surface area contributed by atoms with Crippen LogP contribution in [0.2, 0.25) is 0 Å². The van der Waals surface area contributed by atoms with Crippen LogP contribution in [0.4, 0.5) is 5.69 Å². The average Bonchev–Trinajstić information content (AvgIpc) is 3.16. The fourth-order valence-corrected chi connectivity index (χ4v) is 3.67. The zero-order valence-corrected chi connectivity index (χ0v) is 14.7. The lowest BCUT2D eigenvalue weighted by Crippen LogP contribution is -2.25. The number of thiophene rings is 1. The van der Waals surface area contributed by atoms with Crippen molar-refractivity contribution in [1.29, 1.82) is 0 Å². The van der Waals surface area contributed by atoms with Gasteiger partial charge in [-0.25, -0.2) is 4.79 Å². The van der Waals surface area contributed by atoms with Gasteiger partial charge in [0, 0.05) is 29.9 Å². The molecule has 1 aromatic heterocycles. The van der Waals surface area contributed by atoms with Crippen LogP contribution in [0.5, 0.6) is 0 Å². The number of nitrogens with zero attached hydrogens (tertiary/aromatic N) is 1. The zero-order valence-electron chi connectivity index (χ0n) is 13.9. The minimum Gasteiger partial charge on any atom is -0.453 e. The van der Waals surface area contributed by atoms with Crippen LogP contribution in [0.3, 0.4) is 0 Å². The maximum absolute atomic E-state index is 12.3. The monoisotopic (exact) mass is 341 g/mol. The van der Waals surface area contributed by atoms with E-state index in [0.29, 0.717) is 4.88 Å². The Labute approximate surface area is 145 Å². The predicted molar refractivity (Wildman–Crippen MR) is 95.6 cm³/mol. The Morgan fingerprint density at radius 3 is 2.62 bits per heavy atom. The van der Waals surface area contributed by atoms with Gasteiger partial charge in [-0.3, -0.25) is 4.79 Å². The number of carbonyl (C=O) groups is 2. The summed E-state index contributed by atoms with van der Waals surface area (Å²) >= 11 is 1.30. The van der Waals surface area contributed by atoms with Gasteiger partial charge in [-0.1, -0.05) is 38.1 Å². The smallest absolute Gasteiger partial charge is 0.348 e. The summed E-state index contributed by atoms with van der Waals surface area (Å²) in [6.07, 6.45) is 1.59. The SMILES string of the molecule is CN1/C(=C\C(=O)COC(=O)c2cccs2)C(C)(C)c2ccccc21. The molecule has 0 saturated heterocycles. The number of para-hydroxylation sites is 1. The number of hydrogen-bond donors (Lipinski definition) is 0. The van der Waals surface area contributed by atoms with Gasteiger partial charge in [0.25, 0.3) is 0 Å². The molecule has 1 aromatic carbocycles. The summed E-state index contributed by atoms with van der Waals surface area (Å²) < 4.78 is 5.10. The molecule has 2 heterocycles. The number of carbonyl (C=O) groups excluding carboxylic acids is 2. The van der Waals surface area contributed by atoms with Crippen molar-refractivity contribution in [1.82, 2.24) is 0 Å². The van der Waals surface area contributed by atoms with Crippen molar-refractivity contribution in [2.45, 2.75) is 19.3 Å². The molecular formula is C19H19NO3S. The Morgan fingerprint density at radius 2 is 1.96 bits per heavy atom. The number of ketones is 1.